The number of aromatic carboxylic acids is 1. The third-order valence-corrected chi connectivity index (χ3v) is 1.54. The Morgan fingerprint density at radius 1 is 1.36 bits per heavy atom. The van der Waals surface area contributed by atoms with Crippen LogP contribution in [0.2, 0.25) is 0 Å². The van der Waals surface area contributed by atoms with Crippen LogP contribution in [-0.2, 0) is 6.18 Å². The van der Waals surface area contributed by atoms with E-state index >= 15 is 0 Å². The van der Waals surface area contributed by atoms with Gasteiger partial charge in [0.15, 0.2) is 0 Å². The minimum atomic E-state index is -4.64. The van der Waals surface area contributed by atoms with E-state index in [4.69, 9.17) is 5.11 Å². The molecule has 0 fully saturated rings. The van der Waals surface area contributed by atoms with Crippen LogP contribution < -0.4 is 5.11 Å². The highest BCUT2D eigenvalue weighted by molar-refractivity contribution is 5.90. The fourth-order valence-corrected chi connectivity index (χ4v) is 0.873. The number of carboxylic acid groups (broad SMARTS) is 1. The van der Waals surface area contributed by atoms with Crippen LogP contribution in [0, 0.1) is 0 Å². The Kier molecular flexibility index (Phi) is 2.37. The number of alkyl halides is 3. The highest BCUT2D eigenvalue weighted by Gasteiger charge is 2.31. The van der Waals surface area contributed by atoms with Gasteiger partial charge in [-0.15, -0.1) is 0 Å². The van der Waals surface area contributed by atoms with Gasteiger partial charge in [-0.05, 0) is 6.07 Å². The Morgan fingerprint density at radius 2 is 1.93 bits per heavy atom. The van der Waals surface area contributed by atoms with Crippen LogP contribution in [0.5, 0.6) is 5.75 Å². The Hall–Kier alpha value is -1.72. The Labute approximate surface area is 76.4 Å². The van der Waals surface area contributed by atoms with Gasteiger partial charge in [-0.3, -0.25) is 0 Å². The number of carboxylic acids is 1. The van der Waals surface area contributed by atoms with Crippen molar-refractivity contribution in [3.63, 3.8) is 0 Å². The lowest BCUT2D eigenvalue weighted by atomic mass is 10.1. The minimum absolute atomic E-state index is 0.324. The van der Waals surface area contributed by atoms with E-state index in [1.54, 1.807) is 0 Å². The van der Waals surface area contributed by atoms with E-state index in [1.165, 1.54) is 0 Å². The number of carbonyl (C=O) groups is 1. The molecule has 0 aromatic heterocycles. The second-order valence-corrected chi connectivity index (χ2v) is 2.51. The molecule has 6 heteroatoms. The molecule has 0 bridgehead atoms. The molecule has 3 nitrogen and oxygen atoms in total. The molecule has 1 rings (SSSR count). The van der Waals surface area contributed by atoms with Crippen LogP contribution in [0.1, 0.15) is 15.9 Å². The van der Waals surface area contributed by atoms with Gasteiger partial charge in [0.25, 0.3) is 0 Å². The second-order valence-electron chi connectivity index (χ2n) is 2.51. The minimum Gasteiger partial charge on any atom is -0.872 e. The molecule has 0 radical (unpaired) electrons. The molecule has 0 atom stereocenters. The van der Waals surface area contributed by atoms with Gasteiger partial charge in [0.2, 0.25) is 0 Å². The third kappa shape index (κ3) is 1.95. The number of hydrogen-bond donors (Lipinski definition) is 1. The summed E-state index contributed by atoms with van der Waals surface area (Å²) >= 11 is 0. The van der Waals surface area contributed by atoms with E-state index in [0.717, 1.165) is 0 Å². The van der Waals surface area contributed by atoms with Gasteiger partial charge < -0.3 is 10.2 Å². The van der Waals surface area contributed by atoms with Gasteiger partial charge in [-0.25, -0.2) is 4.79 Å². The quantitative estimate of drug-likeness (QED) is 0.755. The molecule has 0 aliphatic rings. The summed E-state index contributed by atoms with van der Waals surface area (Å²) in [5.74, 6) is -2.61. The zero-order valence-electron chi connectivity index (χ0n) is 6.63. The van der Waals surface area contributed by atoms with Crippen molar-refractivity contribution >= 4 is 5.97 Å². The van der Waals surface area contributed by atoms with Gasteiger partial charge in [0, 0.05) is 0 Å². The molecule has 0 unspecified atom stereocenters. The maximum Gasteiger partial charge on any atom is 0.416 e. The summed E-state index contributed by atoms with van der Waals surface area (Å²) in [5.41, 5.74) is -2.02. The molecule has 0 saturated carbocycles. The molecule has 0 amide bonds. The molecule has 0 aliphatic carbocycles. The summed E-state index contributed by atoms with van der Waals surface area (Å²) in [6.07, 6.45) is -4.64. The van der Waals surface area contributed by atoms with Crippen molar-refractivity contribution < 1.29 is 28.2 Å². The van der Waals surface area contributed by atoms with E-state index in [0.29, 0.717) is 18.2 Å². The van der Waals surface area contributed by atoms with Crippen molar-refractivity contribution in [1.82, 2.24) is 0 Å². The van der Waals surface area contributed by atoms with Gasteiger partial charge in [-0.2, -0.15) is 13.2 Å². The monoisotopic (exact) mass is 205 g/mol. The molecule has 0 saturated heterocycles. The van der Waals surface area contributed by atoms with Crippen molar-refractivity contribution in [3.05, 3.63) is 29.3 Å². The summed E-state index contributed by atoms with van der Waals surface area (Å²) in [6.45, 7) is 0. The zero-order valence-corrected chi connectivity index (χ0v) is 6.63. The normalized spacial score (nSPS) is 11.4. The van der Waals surface area contributed by atoms with Gasteiger partial charge >= 0.3 is 12.1 Å². The molecule has 0 heterocycles. The fourth-order valence-electron chi connectivity index (χ4n) is 0.873. The molecule has 1 aromatic carbocycles. The van der Waals surface area contributed by atoms with Gasteiger partial charge in [0.1, 0.15) is 0 Å². The van der Waals surface area contributed by atoms with Crippen LogP contribution in [0.4, 0.5) is 13.2 Å². The lowest BCUT2D eigenvalue weighted by molar-refractivity contribution is -0.268. The smallest absolute Gasteiger partial charge is 0.416 e. The Morgan fingerprint density at radius 3 is 2.36 bits per heavy atom. The van der Waals surface area contributed by atoms with Crippen molar-refractivity contribution in [2.45, 2.75) is 6.18 Å². The molecular weight excluding hydrogens is 201 g/mol. The number of rotatable bonds is 1. The van der Waals surface area contributed by atoms with Crippen molar-refractivity contribution in [3.8, 4) is 5.75 Å². The fraction of sp³-hybridized carbons (Fsp3) is 0.125. The van der Waals surface area contributed by atoms with Gasteiger partial charge in [-0.1, -0.05) is 17.9 Å². The van der Waals surface area contributed by atoms with Crippen LogP contribution in [0.3, 0.4) is 0 Å². The molecular formula is C8H4F3O3-. The van der Waals surface area contributed by atoms with Crippen LogP contribution >= 0.6 is 0 Å². The van der Waals surface area contributed by atoms with E-state index in [2.05, 4.69) is 0 Å². The first-order valence-corrected chi connectivity index (χ1v) is 3.44. The average molecular weight is 205 g/mol. The molecule has 14 heavy (non-hydrogen) atoms. The van der Waals surface area contributed by atoms with Crippen LogP contribution in [0.25, 0.3) is 0 Å². The summed E-state index contributed by atoms with van der Waals surface area (Å²) in [7, 11) is 0. The van der Waals surface area contributed by atoms with Gasteiger partial charge in [0.05, 0.1) is 11.1 Å². The molecule has 0 spiro atoms. The van der Waals surface area contributed by atoms with E-state index in [9.17, 15) is 23.1 Å². The molecule has 76 valence electrons. The third-order valence-electron chi connectivity index (χ3n) is 1.54. The van der Waals surface area contributed by atoms with E-state index in [-0.39, 0.29) is 0 Å². The SMILES string of the molecule is O=C(O)c1cc(C(F)(F)F)ccc1[O-]. The van der Waals surface area contributed by atoms with Crippen molar-refractivity contribution in [1.29, 1.82) is 0 Å². The molecule has 1 aromatic rings. The highest BCUT2D eigenvalue weighted by Crippen LogP contribution is 2.31. The maximum atomic E-state index is 12.1. The summed E-state index contributed by atoms with van der Waals surface area (Å²) < 4.78 is 36.2. The number of benzene rings is 1. The Balaban J connectivity index is 3.27. The van der Waals surface area contributed by atoms with E-state index < -0.39 is 29.0 Å². The van der Waals surface area contributed by atoms with Crippen LogP contribution in [0.15, 0.2) is 18.2 Å². The molecule has 1 N–H and O–H groups in total. The second kappa shape index (κ2) is 3.21. The average Bonchev–Trinajstić information content (AvgIpc) is 2.02. The van der Waals surface area contributed by atoms with E-state index in [1.807, 2.05) is 0 Å². The van der Waals surface area contributed by atoms with Crippen LogP contribution in [-0.4, -0.2) is 11.1 Å². The Bertz CT molecular complexity index is 371. The number of hydrogen-bond acceptors (Lipinski definition) is 2. The topological polar surface area (TPSA) is 60.4 Å². The van der Waals surface area contributed by atoms with Crippen molar-refractivity contribution in [2.75, 3.05) is 0 Å². The predicted molar refractivity (Wildman–Crippen MR) is 37.8 cm³/mol. The summed E-state index contributed by atoms with van der Waals surface area (Å²) in [4.78, 5) is 10.3. The first kappa shape index (κ1) is 10.4. The highest BCUT2D eigenvalue weighted by atomic mass is 19.4. The lowest BCUT2D eigenvalue weighted by Crippen LogP contribution is -2.09. The maximum absolute atomic E-state index is 12.1. The van der Waals surface area contributed by atoms with Crippen molar-refractivity contribution in [2.24, 2.45) is 0 Å². The largest absolute Gasteiger partial charge is 0.872 e. The lowest BCUT2D eigenvalue weighted by Gasteiger charge is -2.13. The summed E-state index contributed by atoms with van der Waals surface area (Å²) in [5, 5.41) is 19.2. The predicted octanol–water partition coefficient (Wildman–Crippen LogP) is 1.48. The first-order valence-electron chi connectivity index (χ1n) is 3.44. The zero-order chi connectivity index (χ0) is 10.9. The molecule has 0 aliphatic heterocycles. The standard InChI is InChI=1S/C8H5F3O3/c9-8(10,11)4-1-2-6(12)5(3-4)7(13)14/h1-3,12H,(H,13,14)/p-1. The number of halogens is 3. The first-order chi connectivity index (χ1) is 6.32. The summed E-state index contributed by atoms with van der Waals surface area (Å²) in [6, 6.07) is 1.46.